The lowest BCUT2D eigenvalue weighted by Crippen LogP contribution is -2.35. The quantitative estimate of drug-likeness (QED) is 0.592. The summed E-state index contributed by atoms with van der Waals surface area (Å²) in [6, 6.07) is 13.7. The number of aromatic nitrogens is 2. The van der Waals surface area contributed by atoms with Gasteiger partial charge in [-0.1, -0.05) is 23.8 Å². The lowest BCUT2D eigenvalue weighted by molar-refractivity contribution is -0.122. The molecule has 1 heterocycles. The standard InChI is InChI=1S/C23H23FN4O2/c1-15-3-2-4-17(13-15)21-20(14-28(27-21)19-9-7-18(24)8-10-19)23(30)26-12-11-25-22(29)16-5-6-16/h2-4,7-10,13-14,16H,5-6,11-12H2,1H3,(H,25,29)(H,26,30). The number of carbonyl (C=O) groups is 2. The van der Waals surface area contributed by atoms with Gasteiger partial charge in [0.05, 0.1) is 11.3 Å². The normalized spacial score (nSPS) is 13.1. The van der Waals surface area contributed by atoms with Crippen LogP contribution in [-0.4, -0.2) is 34.7 Å². The van der Waals surface area contributed by atoms with Crippen LogP contribution in [0.1, 0.15) is 28.8 Å². The number of hydrogen-bond donors (Lipinski definition) is 2. The number of amides is 2. The monoisotopic (exact) mass is 406 g/mol. The third kappa shape index (κ3) is 4.56. The highest BCUT2D eigenvalue weighted by Crippen LogP contribution is 2.28. The van der Waals surface area contributed by atoms with Crippen molar-refractivity contribution >= 4 is 11.8 Å². The van der Waals surface area contributed by atoms with Crippen LogP contribution < -0.4 is 10.6 Å². The molecule has 1 aliphatic carbocycles. The van der Waals surface area contributed by atoms with Crippen molar-refractivity contribution in [3.05, 3.63) is 71.7 Å². The molecule has 2 amide bonds. The molecule has 2 N–H and O–H groups in total. The zero-order chi connectivity index (χ0) is 21.1. The molecule has 1 aliphatic rings. The van der Waals surface area contributed by atoms with Crippen LogP contribution in [0, 0.1) is 18.7 Å². The van der Waals surface area contributed by atoms with Gasteiger partial charge in [-0.25, -0.2) is 9.07 Å². The summed E-state index contributed by atoms with van der Waals surface area (Å²) in [6.45, 7) is 2.68. The van der Waals surface area contributed by atoms with E-state index in [0.717, 1.165) is 24.0 Å². The molecule has 7 heteroatoms. The zero-order valence-electron chi connectivity index (χ0n) is 16.7. The molecule has 154 valence electrons. The van der Waals surface area contributed by atoms with E-state index >= 15 is 0 Å². The number of aryl methyl sites for hydroxylation is 1. The van der Waals surface area contributed by atoms with Crippen LogP contribution in [0.25, 0.3) is 16.9 Å². The Labute approximate surface area is 174 Å². The van der Waals surface area contributed by atoms with E-state index in [2.05, 4.69) is 15.7 Å². The van der Waals surface area contributed by atoms with Gasteiger partial charge in [-0.05, 0) is 50.1 Å². The van der Waals surface area contributed by atoms with E-state index in [9.17, 15) is 14.0 Å². The van der Waals surface area contributed by atoms with Crippen molar-refractivity contribution in [2.45, 2.75) is 19.8 Å². The van der Waals surface area contributed by atoms with Crippen LogP contribution in [-0.2, 0) is 4.79 Å². The molecule has 30 heavy (non-hydrogen) atoms. The Hall–Kier alpha value is -3.48. The van der Waals surface area contributed by atoms with Crippen molar-refractivity contribution in [1.82, 2.24) is 20.4 Å². The predicted octanol–water partition coefficient (Wildman–Crippen LogP) is 3.24. The Morgan fingerprint density at radius 1 is 1.10 bits per heavy atom. The summed E-state index contributed by atoms with van der Waals surface area (Å²) < 4.78 is 14.9. The number of nitrogens with zero attached hydrogens (tertiary/aromatic N) is 2. The molecule has 0 saturated heterocycles. The molecule has 0 radical (unpaired) electrons. The first-order valence-electron chi connectivity index (χ1n) is 10.00. The molecule has 3 aromatic rings. The predicted molar refractivity (Wildman–Crippen MR) is 112 cm³/mol. The number of carbonyl (C=O) groups excluding carboxylic acids is 2. The van der Waals surface area contributed by atoms with Gasteiger partial charge in [0.15, 0.2) is 0 Å². The minimum atomic E-state index is -0.337. The van der Waals surface area contributed by atoms with Crippen LogP contribution in [0.15, 0.2) is 54.7 Å². The fourth-order valence-corrected chi connectivity index (χ4v) is 3.22. The molecule has 1 fully saturated rings. The van der Waals surface area contributed by atoms with Gasteiger partial charge in [0.25, 0.3) is 5.91 Å². The van der Waals surface area contributed by atoms with Gasteiger partial charge < -0.3 is 10.6 Å². The lowest BCUT2D eigenvalue weighted by Gasteiger charge is -2.07. The average molecular weight is 406 g/mol. The van der Waals surface area contributed by atoms with Crippen molar-refractivity contribution in [3.8, 4) is 16.9 Å². The van der Waals surface area contributed by atoms with Gasteiger partial charge >= 0.3 is 0 Å². The minimum Gasteiger partial charge on any atom is -0.354 e. The van der Waals surface area contributed by atoms with Crippen molar-refractivity contribution in [2.24, 2.45) is 5.92 Å². The third-order valence-electron chi connectivity index (χ3n) is 5.00. The molecule has 4 rings (SSSR count). The Morgan fingerprint density at radius 2 is 1.83 bits per heavy atom. The lowest BCUT2D eigenvalue weighted by atomic mass is 10.1. The second-order valence-corrected chi connectivity index (χ2v) is 7.50. The first-order chi connectivity index (χ1) is 14.5. The van der Waals surface area contributed by atoms with E-state index in [4.69, 9.17) is 0 Å². The molecular weight excluding hydrogens is 383 g/mol. The summed E-state index contributed by atoms with van der Waals surface area (Å²) in [5.41, 5.74) is 3.49. The van der Waals surface area contributed by atoms with E-state index in [1.807, 2.05) is 31.2 Å². The maximum Gasteiger partial charge on any atom is 0.255 e. The van der Waals surface area contributed by atoms with E-state index < -0.39 is 0 Å². The number of hydrogen-bond acceptors (Lipinski definition) is 3. The molecule has 6 nitrogen and oxygen atoms in total. The fraction of sp³-hybridized carbons (Fsp3) is 0.261. The molecule has 1 saturated carbocycles. The summed E-state index contributed by atoms with van der Waals surface area (Å²) >= 11 is 0. The first-order valence-corrected chi connectivity index (χ1v) is 10.00. The fourth-order valence-electron chi connectivity index (χ4n) is 3.22. The molecule has 0 atom stereocenters. The van der Waals surface area contributed by atoms with Crippen LogP contribution in [0.3, 0.4) is 0 Å². The van der Waals surface area contributed by atoms with Crippen LogP contribution in [0.4, 0.5) is 4.39 Å². The van der Waals surface area contributed by atoms with Crippen LogP contribution in [0.5, 0.6) is 0 Å². The Kier molecular flexibility index (Phi) is 5.61. The Morgan fingerprint density at radius 3 is 2.53 bits per heavy atom. The number of benzene rings is 2. The van der Waals surface area contributed by atoms with E-state index in [0.29, 0.717) is 30.0 Å². The SMILES string of the molecule is Cc1cccc(-c2nn(-c3ccc(F)cc3)cc2C(=O)NCCNC(=O)C2CC2)c1. The molecular formula is C23H23FN4O2. The molecule has 0 unspecified atom stereocenters. The van der Waals surface area contributed by atoms with Gasteiger partial charge in [-0.2, -0.15) is 5.10 Å². The van der Waals surface area contributed by atoms with Crippen molar-refractivity contribution < 1.29 is 14.0 Å². The van der Waals surface area contributed by atoms with Crippen molar-refractivity contribution in [2.75, 3.05) is 13.1 Å². The van der Waals surface area contributed by atoms with E-state index in [1.165, 1.54) is 12.1 Å². The van der Waals surface area contributed by atoms with Gasteiger partial charge in [0.1, 0.15) is 11.5 Å². The van der Waals surface area contributed by atoms with Gasteiger partial charge in [-0.3, -0.25) is 9.59 Å². The summed E-state index contributed by atoms with van der Waals surface area (Å²) in [7, 11) is 0. The van der Waals surface area contributed by atoms with Crippen molar-refractivity contribution in [1.29, 1.82) is 0 Å². The smallest absolute Gasteiger partial charge is 0.255 e. The summed E-state index contributed by atoms with van der Waals surface area (Å²) in [4.78, 5) is 24.6. The van der Waals surface area contributed by atoms with Crippen molar-refractivity contribution in [3.63, 3.8) is 0 Å². The zero-order valence-corrected chi connectivity index (χ0v) is 16.7. The molecule has 0 spiro atoms. The van der Waals surface area contributed by atoms with Crippen LogP contribution in [0.2, 0.25) is 0 Å². The Balaban J connectivity index is 1.55. The first kappa shape index (κ1) is 19.8. The number of rotatable bonds is 7. The second-order valence-electron chi connectivity index (χ2n) is 7.50. The highest BCUT2D eigenvalue weighted by atomic mass is 19.1. The molecule has 2 aromatic carbocycles. The third-order valence-corrected chi connectivity index (χ3v) is 5.00. The summed E-state index contributed by atoms with van der Waals surface area (Å²) in [6.07, 6.45) is 3.53. The Bertz CT molecular complexity index is 1070. The maximum atomic E-state index is 13.3. The van der Waals surface area contributed by atoms with Crippen LogP contribution >= 0.6 is 0 Å². The van der Waals surface area contributed by atoms with Gasteiger partial charge in [0, 0.05) is 30.8 Å². The van der Waals surface area contributed by atoms with E-state index in [-0.39, 0.29) is 23.5 Å². The highest BCUT2D eigenvalue weighted by molar-refractivity contribution is 6.00. The minimum absolute atomic E-state index is 0.0498. The second kappa shape index (κ2) is 8.49. The number of halogens is 1. The molecule has 0 aliphatic heterocycles. The largest absolute Gasteiger partial charge is 0.354 e. The van der Waals surface area contributed by atoms with Gasteiger partial charge in [-0.15, -0.1) is 0 Å². The average Bonchev–Trinajstić information content (AvgIpc) is 3.50. The highest BCUT2D eigenvalue weighted by Gasteiger charge is 2.29. The molecule has 1 aromatic heterocycles. The number of nitrogens with one attached hydrogen (secondary N) is 2. The van der Waals surface area contributed by atoms with E-state index in [1.54, 1.807) is 23.0 Å². The molecule has 0 bridgehead atoms. The maximum absolute atomic E-state index is 13.3. The summed E-state index contributed by atoms with van der Waals surface area (Å²) in [5.74, 6) is -0.423. The topological polar surface area (TPSA) is 76.0 Å². The van der Waals surface area contributed by atoms with Gasteiger partial charge in [0.2, 0.25) is 5.91 Å². The summed E-state index contributed by atoms with van der Waals surface area (Å²) in [5, 5.41) is 10.3.